The Morgan fingerprint density at radius 3 is 2.67 bits per heavy atom. The van der Waals surface area contributed by atoms with E-state index in [1.807, 2.05) is 24.3 Å². The van der Waals surface area contributed by atoms with E-state index in [1.54, 1.807) is 24.3 Å². The first-order valence-electron chi connectivity index (χ1n) is 6.81. The summed E-state index contributed by atoms with van der Waals surface area (Å²) in [5, 5.41) is 2.84. The molecule has 0 aliphatic carbocycles. The molecule has 1 heterocycles. The average molecular weight is 281 g/mol. The van der Waals surface area contributed by atoms with Crippen LogP contribution in [0.5, 0.6) is 0 Å². The van der Waals surface area contributed by atoms with Crippen molar-refractivity contribution in [3.05, 3.63) is 65.2 Å². The molecule has 0 unspecified atom stereocenters. The molecule has 3 rings (SSSR count). The second-order valence-electron chi connectivity index (χ2n) is 5.02. The summed E-state index contributed by atoms with van der Waals surface area (Å²) >= 11 is 0. The SMILES string of the molecule is O=Cc1ccccc1C(=O)Nc1cccc(C2COC2)c1. The van der Waals surface area contributed by atoms with Crippen molar-refractivity contribution in [1.29, 1.82) is 0 Å². The van der Waals surface area contributed by atoms with Crippen LogP contribution in [0, 0.1) is 0 Å². The maximum atomic E-state index is 12.3. The smallest absolute Gasteiger partial charge is 0.256 e. The van der Waals surface area contributed by atoms with E-state index in [2.05, 4.69) is 5.32 Å². The van der Waals surface area contributed by atoms with Gasteiger partial charge in [-0.1, -0.05) is 30.3 Å². The fourth-order valence-corrected chi connectivity index (χ4v) is 2.30. The Bertz CT molecular complexity index is 677. The molecule has 1 fully saturated rings. The molecule has 1 amide bonds. The van der Waals surface area contributed by atoms with Crippen molar-refractivity contribution in [1.82, 2.24) is 0 Å². The molecule has 1 aliphatic heterocycles. The van der Waals surface area contributed by atoms with E-state index in [4.69, 9.17) is 4.74 Å². The predicted octanol–water partition coefficient (Wildman–Crippen LogP) is 2.87. The van der Waals surface area contributed by atoms with Crippen LogP contribution >= 0.6 is 0 Å². The molecule has 4 heteroatoms. The topological polar surface area (TPSA) is 55.4 Å². The van der Waals surface area contributed by atoms with E-state index in [1.165, 1.54) is 0 Å². The molecule has 0 radical (unpaired) electrons. The Balaban J connectivity index is 1.79. The van der Waals surface area contributed by atoms with Crippen LogP contribution in [0.25, 0.3) is 0 Å². The van der Waals surface area contributed by atoms with Crippen molar-refractivity contribution in [3.8, 4) is 0 Å². The van der Waals surface area contributed by atoms with Gasteiger partial charge in [0.05, 0.1) is 18.8 Å². The molecule has 1 aliphatic rings. The van der Waals surface area contributed by atoms with Crippen molar-refractivity contribution in [2.24, 2.45) is 0 Å². The number of aldehydes is 1. The van der Waals surface area contributed by atoms with Gasteiger partial charge >= 0.3 is 0 Å². The van der Waals surface area contributed by atoms with Gasteiger partial charge in [0, 0.05) is 17.2 Å². The van der Waals surface area contributed by atoms with Gasteiger partial charge in [-0.05, 0) is 23.8 Å². The zero-order chi connectivity index (χ0) is 14.7. The third kappa shape index (κ3) is 2.85. The first-order chi connectivity index (χ1) is 10.3. The van der Waals surface area contributed by atoms with Gasteiger partial charge in [0.15, 0.2) is 6.29 Å². The van der Waals surface area contributed by atoms with Crippen LogP contribution < -0.4 is 5.32 Å². The second-order valence-corrected chi connectivity index (χ2v) is 5.02. The normalized spacial score (nSPS) is 14.3. The van der Waals surface area contributed by atoms with E-state index in [9.17, 15) is 9.59 Å². The minimum atomic E-state index is -0.278. The van der Waals surface area contributed by atoms with E-state index >= 15 is 0 Å². The van der Waals surface area contributed by atoms with E-state index in [0.29, 0.717) is 23.3 Å². The largest absolute Gasteiger partial charge is 0.380 e. The number of hydrogen-bond donors (Lipinski definition) is 1. The van der Waals surface area contributed by atoms with Crippen LogP contribution in [0.2, 0.25) is 0 Å². The third-order valence-corrected chi connectivity index (χ3v) is 3.59. The van der Waals surface area contributed by atoms with E-state index in [0.717, 1.165) is 24.5 Å². The maximum Gasteiger partial charge on any atom is 0.256 e. The standard InChI is InChI=1S/C17H15NO3/c19-9-13-4-1-2-7-16(13)17(20)18-15-6-3-5-12(8-15)14-10-21-11-14/h1-9,14H,10-11H2,(H,18,20). The number of hydrogen-bond acceptors (Lipinski definition) is 3. The molecular formula is C17H15NO3. The molecule has 1 N–H and O–H groups in total. The highest BCUT2D eigenvalue weighted by atomic mass is 16.5. The van der Waals surface area contributed by atoms with Crippen LogP contribution in [-0.2, 0) is 4.74 Å². The molecule has 1 saturated heterocycles. The number of anilines is 1. The zero-order valence-electron chi connectivity index (χ0n) is 11.4. The minimum absolute atomic E-state index is 0.278. The number of nitrogens with one attached hydrogen (secondary N) is 1. The Hall–Kier alpha value is -2.46. The Morgan fingerprint density at radius 2 is 1.95 bits per heavy atom. The molecule has 2 aromatic rings. The van der Waals surface area contributed by atoms with Crippen molar-refractivity contribution in [2.45, 2.75) is 5.92 Å². The van der Waals surface area contributed by atoms with E-state index in [-0.39, 0.29) is 5.91 Å². The Kier molecular flexibility index (Phi) is 3.79. The summed E-state index contributed by atoms with van der Waals surface area (Å²) in [5.41, 5.74) is 2.65. The van der Waals surface area contributed by atoms with Crippen LogP contribution in [0.3, 0.4) is 0 Å². The molecule has 0 spiro atoms. The Labute approximate surface area is 122 Å². The minimum Gasteiger partial charge on any atom is -0.380 e. The first-order valence-corrected chi connectivity index (χ1v) is 6.81. The number of carbonyl (C=O) groups is 2. The summed E-state index contributed by atoms with van der Waals surface area (Å²) in [6.45, 7) is 1.46. The lowest BCUT2D eigenvalue weighted by Crippen LogP contribution is -2.25. The average Bonchev–Trinajstić information content (AvgIpc) is 2.46. The Morgan fingerprint density at radius 1 is 1.14 bits per heavy atom. The maximum absolute atomic E-state index is 12.3. The monoisotopic (exact) mass is 281 g/mol. The first kappa shape index (κ1) is 13.5. The number of rotatable bonds is 4. The number of amides is 1. The molecule has 0 aromatic heterocycles. The van der Waals surface area contributed by atoms with Crippen molar-refractivity contribution in [2.75, 3.05) is 18.5 Å². The number of benzene rings is 2. The van der Waals surface area contributed by atoms with Crippen LogP contribution in [-0.4, -0.2) is 25.4 Å². The fourth-order valence-electron chi connectivity index (χ4n) is 2.30. The van der Waals surface area contributed by atoms with Gasteiger partial charge in [-0.3, -0.25) is 9.59 Å². The van der Waals surface area contributed by atoms with Crippen molar-refractivity contribution < 1.29 is 14.3 Å². The number of carbonyl (C=O) groups excluding carboxylic acids is 2. The summed E-state index contributed by atoms with van der Waals surface area (Å²) in [4.78, 5) is 23.2. The van der Waals surface area contributed by atoms with Gasteiger partial charge in [-0.15, -0.1) is 0 Å². The van der Waals surface area contributed by atoms with Crippen molar-refractivity contribution >= 4 is 17.9 Å². The number of ether oxygens (including phenoxy) is 1. The van der Waals surface area contributed by atoms with Crippen LogP contribution in [0.15, 0.2) is 48.5 Å². The highest BCUT2D eigenvalue weighted by Gasteiger charge is 2.20. The van der Waals surface area contributed by atoms with Gasteiger partial charge in [-0.2, -0.15) is 0 Å². The van der Waals surface area contributed by atoms with Crippen molar-refractivity contribution in [3.63, 3.8) is 0 Å². The molecule has 0 bridgehead atoms. The highest BCUT2D eigenvalue weighted by Crippen LogP contribution is 2.26. The van der Waals surface area contributed by atoms with Crippen LogP contribution in [0.1, 0.15) is 32.2 Å². The molecule has 106 valence electrons. The summed E-state index contributed by atoms with van der Waals surface area (Å²) in [7, 11) is 0. The van der Waals surface area contributed by atoms with Gasteiger partial charge in [0.25, 0.3) is 5.91 Å². The van der Waals surface area contributed by atoms with Gasteiger partial charge < -0.3 is 10.1 Å². The van der Waals surface area contributed by atoms with Gasteiger partial charge in [-0.25, -0.2) is 0 Å². The fraction of sp³-hybridized carbons (Fsp3) is 0.176. The lowest BCUT2D eigenvalue weighted by atomic mass is 9.97. The summed E-state index contributed by atoms with van der Waals surface area (Å²) in [6.07, 6.45) is 0.692. The summed E-state index contributed by atoms with van der Waals surface area (Å²) < 4.78 is 5.18. The third-order valence-electron chi connectivity index (χ3n) is 3.59. The summed E-state index contributed by atoms with van der Waals surface area (Å²) in [5.74, 6) is 0.129. The van der Waals surface area contributed by atoms with Gasteiger partial charge in [0.2, 0.25) is 0 Å². The van der Waals surface area contributed by atoms with Gasteiger partial charge in [0.1, 0.15) is 0 Å². The summed E-state index contributed by atoms with van der Waals surface area (Å²) in [6, 6.07) is 14.5. The molecule has 0 saturated carbocycles. The molecule has 21 heavy (non-hydrogen) atoms. The molecule has 2 aromatic carbocycles. The molecule has 0 atom stereocenters. The highest BCUT2D eigenvalue weighted by molar-refractivity contribution is 6.08. The second kappa shape index (κ2) is 5.89. The van der Waals surface area contributed by atoms with E-state index < -0.39 is 0 Å². The molecular weight excluding hydrogens is 266 g/mol. The zero-order valence-corrected chi connectivity index (χ0v) is 11.4. The lowest BCUT2D eigenvalue weighted by Gasteiger charge is -2.26. The van der Waals surface area contributed by atoms with Crippen LogP contribution in [0.4, 0.5) is 5.69 Å². The lowest BCUT2D eigenvalue weighted by molar-refractivity contribution is 0.00844. The molecule has 4 nitrogen and oxygen atoms in total. The predicted molar refractivity (Wildman–Crippen MR) is 79.8 cm³/mol. The quantitative estimate of drug-likeness (QED) is 0.877.